The lowest BCUT2D eigenvalue weighted by molar-refractivity contribution is 0.721. The Morgan fingerprint density at radius 1 is 1.36 bits per heavy atom. The zero-order chi connectivity index (χ0) is 16.6. The van der Waals surface area contributed by atoms with Gasteiger partial charge >= 0.3 is 0 Å². The van der Waals surface area contributed by atoms with Crippen LogP contribution in [0.4, 0.5) is 0 Å². The Labute approximate surface area is 171 Å². The molecule has 7 heteroatoms. The molecule has 5 nitrogen and oxygen atoms in total. The van der Waals surface area contributed by atoms with Crippen LogP contribution in [0.1, 0.15) is 32.0 Å². The second-order valence-electron chi connectivity index (χ2n) is 6.09. The molecule has 1 atom stereocenters. The Hall–Kier alpha value is -0.960. The molecular weight excluding hydrogens is 445 g/mol. The zero-order valence-electron chi connectivity index (χ0n) is 14.8. The SMILES string of the molecule is CCNC(=NCC1CCCS1)NCCCc1nc2ccccc2[nH]1.I. The maximum atomic E-state index is 4.72. The normalized spacial score (nSPS) is 17.5. The van der Waals surface area contributed by atoms with Crippen molar-refractivity contribution in [3.63, 3.8) is 0 Å². The van der Waals surface area contributed by atoms with E-state index in [1.54, 1.807) is 0 Å². The first-order valence-electron chi connectivity index (χ1n) is 8.92. The number of halogens is 1. The fourth-order valence-electron chi connectivity index (χ4n) is 2.91. The molecular formula is C18H28IN5S. The number of para-hydroxylation sites is 2. The first-order valence-corrected chi connectivity index (χ1v) is 9.97. The van der Waals surface area contributed by atoms with Crippen LogP contribution < -0.4 is 10.6 Å². The third-order valence-corrected chi connectivity index (χ3v) is 5.52. The monoisotopic (exact) mass is 473 g/mol. The molecule has 1 aliphatic heterocycles. The summed E-state index contributed by atoms with van der Waals surface area (Å²) < 4.78 is 0. The molecule has 2 heterocycles. The van der Waals surface area contributed by atoms with Gasteiger partial charge in [0.1, 0.15) is 5.82 Å². The molecule has 25 heavy (non-hydrogen) atoms. The van der Waals surface area contributed by atoms with Crippen molar-refractivity contribution in [2.75, 3.05) is 25.4 Å². The summed E-state index contributed by atoms with van der Waals surface area (Å²) in [6, 6.07) is 8.18. The van der Waals surface area contributed by atoms with Gasteiger partial charge in [0.25, 0.3) is 0 Å². The minimum atomic E-state index is 0. The highest BCUT2D eigenvalue weighted by Gasteiger charge is 2.14. The molecule has 1 saturated heterocycles. The van der Waals surface area contributed by atoms with Gasteiger partial charge in [-0.3, -0.25) is 4.99 Å². The lowest BCUT2D eigenvalue weighted by Gasteiger charge is -2.12. The number of imidazole rings is 1. The summed E-state index contributed by atoms with van der Waals surface area (Å²) in [7, 11) is 0. The third kappa shape index (κ3) is 6.36. The number of aromatic amines is 1. The molecule has 0 spiro atoms. The van der Waals surface area contributed by atoms with E-state index in [1.807, 2.05) is 18.2 Å². The molecule has 0 aliphatic carbocycles. The lowest BCUT2D eigenvalue weighted by atomic mass is 10.2. The first-order chi connectivity index (χ1) is 11.8. The van der Waals surface area contributed by atoms with Crippen LogP contribution in [0.25, 0.3) is 11.0 Å². The van der Waals surface area contributed by atoms with E-state index in [0.717, 1.165) is 55.3 Å². The molecule has 1 aromatic heterocycles. The number of benzene rings is 1. The average Bonchev–Trinajstić information content (AvgIpc) is 3.25. The number of thioether (sulfide) groups is 1. The Bertz CT molecular complexity index is 633. The molecule has 1 fully saturated rings. The number of hydrogen-bond acceptors (Lipinski definition) is 3. The topological polar surface area (TPSA) is 65.1 Å². The Kier molecular flexibility index (Phi) is 8.88. The van der Waals surface area contributed by atoms with Crippen molar-refractivity contribution in [1.82, 2.24) is 20.6 Å². The fraction of sp³-hybridized carbons (Fsp3) is 0.556. The molecule has 1 aliphatic rings. The molecule has 0 amide bonds. The van der Waals surface area contributed by atoms with E-state index in [1.165, 1.54) is 18.6 Å². The molecule has 1 unspecified atom stereocenters. The predicted molar refractivity (Wildman–Crippen MR) is 119 cm³/mol. The molecule has 2 aromatic rings. The van der Waals surface area contributed by atoms with Gasteiger partial charge in [-0.15, -0.1) is 24.0 Å². The van der Waals surface area contributed by atoms with Crippen molar-refractivity contribution in [2.45, 2.75) is 37.9 Å². The smallest absolute Gasteiger partial charge is 0.191 e. The van der Waals surface area contributed by atoms with Gasteiger partial charge in [0, 0.05) is 24.8 Å². The van der Waals surface area contributed by atoms with E-state index < -0.39 is 0 Å². The van der Waals surface area contributed by atoms with E-state index in [0.29, 0.717) is 5.25 Å². The standard InChI is InChI=1S/C18H27N5S.HI/c1-2-19-18(21-13-14-7-6-12-24-14)20-11-5-10-17-22-15-8-3-4-9-16(15)23-17;/h3-4,8-9,14H,2,5-7,10-13H2,1H3,(H,22,23)(H2,19,20,21);1H. The number of nitrogens with zero attached hydrogens (tertiary/aromatic N) is 2. The quantitative estimate of drug-likeness (QED) is 0.249. The third-order valence-electron chi connectivity index (χ3n) is 4.14. The van der Waals surface area contributed by atoms with E-state index in [2.05, 4.69) is 45.4 Å². The summed E-state index contributed by atoms with van der Waals surface area (Å²) in [5.41, 5.74) is 2.16. The molecule has 0 bridgehead atoms. The second kappa shape index (κ2) is 10.9. The van der Waals surface area contributed by atoms with Crippen LogP contribution in [0.5, 0.6) is 0 Å². The van der Waals surface area contributed by atoms with Crippen LogP contribution in [0.2, 0.25) is 0 Å². The van der Waals surface area contributed by atoms with E-state index in [4.69, 9.17) is 4.99 Å². The van der Waals surface area contributed by atoms with Crippen LogP contribution in [-0.2, 0) is 6.42 Å². The van der Waals surface area contributed by atoms with Crippen LogP contribution in [0, 0.1) is 0 Å². The number of hydrogen-bond donors (Lipinski definition) is 3. The summed E-state index contributed by atoms with van der Waals surface area (Å²) in [6.45, 7) is 4.83. The van der Waals surface area contributed by atoms with Crippen LogP contribution in [0.15, 0.2) is 29.3 Å². The minimum Gasteiger partial charge on any atom is -0.357 e. The van der Waals surface area contributed by atoms with Crippen molar-refractivity contribution in [3.05, 3.63) is 30.1 Å². The molecule has 3 rings (SSSR count). The number of aryl methyl sites for hydroxylation is 1. The largest absolute Gasteiger partial charge is 0.357 e. The summed E-state index contributed by atoms with van der Waals surface area (Å²) in [6.07, 6.45) is 4.62. The number of fused-ring (bicyclic) bond motifs is 1. The van der Waals surface area contributed by atoms with Crippen molar-refractivity contribution in [1.29, 1.82) is 0 Å². The van der Waals surface area contributed by atoms with Gasteiger partial charge in [-0.25, -0.2) is 4.98 Å². The summed E-state index contributed by atoms with van der Waals surface area (Å²) >= 11 is 2.05. The Morgan fingerprint density at radius 2 is 2.24 bits per heavy atom. The number of nitrogens with one attached hydrogen (secondary N) is 3. The second-order valence-corrected chi connectivity index (χ2v) is 7.49. The van der Waals surface area contributed by atoms with Gasteiger partial charge in [-0.1, -0.05) is 12.1 Å². The maximum absolute atomic E-state index is 4.72. The average molecular weight is 473 g/mol. The van der Waals surface area contributed by atoms with Gasteiger partial charge in [-0.2, -0.15) is 11.8 Å². The number of aliphatic imine (C=N–C) groups is 1. The highest BCUT2D eigenvalue weighted by molar-refractivity contribution is 14.0. The number of rotatable bonds is 7. The van der Waals surface area contributed by atoms with E-state index >= 15 is 0 Å². The Balaban J connectivity index is 0.00000225. The van der Waals surface area contributed by atoms with Crippen molar-refractivity contribution < 1.29 is 0 Å². The Morgan fingerprint density at radius 3 is 3.00 bits per heavy atom. The van der Waals surface area contributed by atoms with Crippen LogP contribution in [-0.4, -0.2) is 46.6 Å². The molecule has 3 N–H and O–H groups in total. The van der Waals surface area contributed by atoms with Gasteiger partial charge in [0.2, 0.25) is 0 Å². The fourth-order valence-corrected chi connectivity index (χ4v) is 4.09. The summed E-state index contributed by atoms with van der Waals surface area (Å²) in [5, 5.41) is 7.47. The van der Waals surface area contributed by atoms with Gasteiger partial charge in [0.05, 0.1) is 17.6 Å². The van der Waals surface area contributed by atoms with Crippen molar-refractivity contribution in [3.8, 4) is 0 Å². The highest BCUT2D eigenvalue weighted by Crippen LogP contribution is 2.25. The molecule has 0 radical (unpaired) electrons. The van der Waals surface area contributed by atoms with Gasteiger partial charge in [-0.05, 0) is 44.1 Å². The van der Waals surface area contributed by atoms with Crippen molar-refractivity contribution in [2.24, 2.45) is 4.99 Å². The van der Waals surface area contributed by atoms with Crippen LogP contribution >= 0.6 is 35.7 Å². The maximum Gasteiger partial charge on any atom is 0.191 e. The lowest BCUT2D eigenvalue weighted by Crippen LogP contribution is -2.38. The predicted octanol–water partition coefficient (Wildman–Crippen LogP) is 3.56. The molecule has 138 valence electrons. The van der Waals surface area contributed by atoms with Crippen molar-refractivity contribution >= 4 is 52.7 Å². The molecule has 0 saturated carbocycles. The van der Waals surface area contributed by atoms with Gasteiger partial charge in [0.15, 0.2) is 5.96 Å². The first kappa shape index (κ1) is 20.4. The zero-order valence-corrected chi connectivity index (χ0v) is 17.9. The van der Waals surface area contributed by atoms with Crippen LogP contribution in [0.3, 0.4) is 0 Å². The van der Waals surface area contributed by atoms with E-state index in [9.17, 15) is 0 Å². The summed E-state index contributed by atoms with van der Waals surface area (Å²) in [4.78, 5) is 12.7. The summed E-state index contributed by atoms with van der Waals surface area (Å²) in [5.74, 6) is 3.29. The molecule has 1 aromatic carbocycles. The van der Waals surface area contributed by atoms with E-state index in [-0.39, 0.29) is 24.0 Å². The van der Waals surface area contributed by atoms with Gasteiger partial charge < -0.3 is 15.6 Å². The number of aromatic nitrogens is 2. The highest BCUT2D eigenvalue weighted by atomic mass is 127. The number of H-pyrrole nitrogens is 1. The number of guanidine groups is 1. The minimum absolute atomic E-state index is 0.